The number of carbonyl (C=O) groups excluding carboxylic acids is 1. The lowest BCUT2D eigenvalue weighted by Crippen LogP contribution is -2.44. The number of nitrogens with zero attached hydrogens (tertiary/aromatic N) is 3. The Labute approximate surface area is 168 Å². The fourth-order valence-electron chi connectivity index (χ4n) is 2.96. The zero-order valence-electron chi connectivity index (χ0n) is 14.4. The van der Waals surface area contributed by atoms with E-state index in [9.17, 15) is 4.79 Å². The van der Waals surface area contributed by atoms with Gasteiger partial charge in [0.1, 0.15) is 5.82 Å². The first-order chi connectivity index (χ1) is 10.7. The van der Waals surface area contributed by atoms with Crippen molar-refractivity contribution in [2.24, 2.45) is 0 Å². The van der Waals surface area contributed by atoms with Crippen LogP contribution >= 0.6 is 37.2 Å². The van der Waals surface area contributed by atoms with E-state index in [1.54, 1.807) is 0 Å². The number of nitrogens with one attached hydrogen (secondary N) is 2. The van der Waals surface area contributed by atoms with E-state index in [1.165, 1.54) is 0 Å². The number of halogens is 3. The van der Waals surface area contributed by atoms with Crippen molar-refractivity contribution in [1.29, 1.82) is 0 Å². The molecule has 2 fully saturated rings. The third-order valence-corrected chi connectivity index (χ3v) is 4.48. The van der Waals surface area contributed by atoms with Gasteiger partial charge < -0.3 is 20.4 Å². The van der Waals surface area contributed by atoms with E-state index in [2.05, 4.69) is 44.6 Å². The molecule has 25 heavy (non-hydrogen) atoms. The van der Waals surface area contributed by atoms with Gasteiger partial charge in [-0.25, -0.2) is 4.98 Å². The van der Waals surface area contributed by atoms with E-state index in [-0.39, 0.29) is 49.2 Å². The number of hydrogen-bond donors (Lipinski definition) is 2. The molecule has 2 aliphatic heterocycles. The number of likely N-dealkylation sites (N-methyl/N-ethyl adjacent to an activating group) is 1. The molecule has 1 aromatic heterocycles. The molecule has 3 rings (SSSR count). The normalized spacial score (nSPS) is 20.0. The Hall–Kier alpha value is -0.790. The number of rotatable bonds is 4. The molecule has 2 N–H and O–H groups in total. The highest BCUT2D eigenvalue weighted by Crippen LogP contribution is 2.13. The molecular formula is C16H28Cl3N5O. The summed E-state index contributed by atoms with van der Waals surface area (Å²) < 4.78 is 0. The second-order valence-corrected chi connectivity index (χ2v) is 6.18. The molecule has 9 heteroatoms. The van der Waals surface area contributed by atoms with Crippen LogP contribution < -0.4 is 15.5 Å². The van der Waals surface area contributed by atoms with Crippen molar-refractivity contribution >= 4 is 48.9 Å². The molecule has 2 aliphatic rings. The molecule has 0 aromatic carbocycles. The van der Waals surface area contributed by atoms with Gasteiger partial charge in [-0.2, -0.15) is 0 Å². The van der Waals surface area contributed by atoms with Crippen LogP contribution in [0, 0.1) is 0 Å². The van der Waals surface area contributed by atoms with Gasteiger partial charge in [-0.1, -0.05) is 6.07 Å². The molecule has 1 aromatic rings. The third kappa shape index (κ3) is 6.79. The minimum atomic E-state index is -0.0161. The smallest absolute Gasteiger partial charge is 0.237 e. The van der Waals surface area contributed by atoms with Gasteiger partial charge in [0.15, 0.2) is 0 Å². The fourth-order valence-corrected chi connectivity index (χ4v) is 2.96. The molecule has 1 atom stereocenters. The lowest BCUT2D eigenvalue weighted by atomic mass is 10.2. The van der Waals surface area contributed by atoms with E-state index in [0.29, 0.717) is 6.54 Å². The Kier molecular flexibility index (Phi) is 11.4. The summed E-state index contributed by atoms with van der Waals surface area (Å²) in [4.78, 5) is 21.1. The van der Waals surface area contributed by atoms with Crippen molar-refractivity contribution < 1.29 is 4.79 Å². The summed E-state index contributed by atoms with van der Waals surface area (Å²) in [5.41, 5.74) is 1.05. The third-order valence-electron chi connectivity index (χ3n) is 4.48. The maximum absolute atomic E-state index is 12.0. The maximum Gasteiger partial charge on any atom is 0.237 e. The number of hydrogen-bond acceptors (Lipinski definition) is 5. The van der Waals surface area contributed by atoms with Crippen molar-refractivity contribution in [3.63, 3.8) is 0 Å². The minimum absolute atomic E-state index is 0. The highest BCUT2D eigenvalue weighted by atomic mass is 35.5. The summed E-state index contributed by atoms with van der Waals surface area (Å²) in [7, 11) is 2.15. The molecule has 0 saturated carbocycles. The largest absolute Gasteiger partial charge is 0.354 e. The van der Waals surface area contributed by atoms with Crippen LogP contribution in [-0.2, 0) is 11.3 Å². The first-order valence-electron chi connectivity index (χ1n) is 8.12. The summed E-state index contributed by atoms with van der Waals surface area (Å²) in [5.74, 6) is 1.13. The summed E-state index contributed by atoms with van der Waals surface area (Å²) in [6, 6.07) is 4.10. The van der Waals surface area contributed by atoms with E-state index < -0.39 is 0 Å². The van der Waals surface area contributed by atoms with Crippen molar-refractivity contribution in [3.8, 4) is 0 Å². The molecular weight excluding hydrogens is 385 g/mol. The van der Waals surface area contributed by atoms with Crippen LogP contribution in [0.15, 0.2) is 18.3 Å². The summed E-state index contributed by atoms with van der Waals surface area (Å²) in [6.07, 6.45) is 3.89. The lowest BCUT2D eigenvalue weighted by molar-refractivity contribution is -0.122. The van der Waals surface area contributed by atoms with E-state index in [0.717, 1.165) is 56.9 Å². The highest BCUT2D eigenvalue weighted by Gasteiger charge is 2.21. The Balaban J connectivity index is 0.00000192. The number of carbonyl (C=O) groups is 1. The summed E-state index contributed by atoms with van der Waals surface area (Å²) in [6.45, 7) is 5.69. The zero-order chi connectivity index (χ0) is 15.4. The first-order valence-corrected chi connectivity index (χ1v) is 8.12. The number of amides is 1. The quantitative estimate of drug-likeness (QED) is 0.784. The highest BCUT2D eigenvalue weighted by molar-refractivity contribution is 5.86. The van der Waals surface area contributed by atoms with E-state index in [1.807, 2.05) is 6.20 Å². The van der Waals surface area contributed by atoms with Crippen LogP contribution in [0.5, 0.6) is 0 Å². The predicted octanol–water partition coefficient (Wildman–Crippen LogP) is 1.47. The predicted molar refractivity (Wildman–Crippen MR) is 109 cm³/mol. The van der Waals surface area contributed by atoms with Crippen LogP contribution in [0.1, 0.15) is 18.4 Å². The van der Waals surface area contributed by atoms with Crippen LogP contribution in [0.2, 0.25) is 0 Å². The van der Waals surface area contributed by atoms with Gasteiger partial charge in [0.2, 0.25) is 5.91 Å². The topological polar surface area (TPSA) is 60.5 Å². The summed E-state index contributed by atoms with van der Waals surface area (Å²) in [5, 5.41) is 6.19. The van der Waals surface area contributed by atoms with Crippen LogP contribution in [0.3, 0.4) is 0 Å². The molecule has 1 amide bonds. The number of pyridine rings is 1. The Morgan fingerprint density at radius 2 is 1.96 bits per heavy atom. The molecule has 144 valence electrons. The molecule has 0 radical (unpaired) electrons. The van der Waals surface area contributed by atoms with Crippen molar-refractivity contribution in [1.82, 2.24) is 20.5 Å². The molecule has 6 nitrogen and oxygen atoms in total. The van der Waals surface area contributed by atoms with Gasteiger partial charge >= 0.3 is 0 Å². The number of piperazine rings is 1. The van der Waals surface area contributed by atoms with Gasteiger partial charge in [0.05, 0.1) is 6.04 Å². The molecule has 1 unspecified atom stereocenters. The average molecular weight is 413 g/mol. The van der Waals surface area contributed by atoms with Gasteiger partial charge in [-0.15, -0.1) is 37.2 Å². The Bertz CT molecular complexity index is 503. The molecule has 2 saturated heterocycles. The fraction of sp³-hybridized carbons (Fsp3) is 0.625. The van der Waals surface area contributed by atoms with Crippen LogP contribution in [-0.4, -0.2) is 61.6 Å². The minimum Gasteiger partial charge on any atom is -0.354 e. The van der Waals surface area contributed by atoms with Crippen LogP contribution in [0.4, 0.5) is 5.82 Å². The van der Waals surface area contributed by atoms with Gasteiger partial charge in [-0.05, 0) is 38.1 Å². The molecule has 0 aliphatic carbocycles. The average Bonchev–Trinajstić information content (AvgIpc) is 3.08. The number of aromatic nitrogens is 1. The molecule has 3 heterocycles. The second kappa shape index (κ2) is 11.8. The Morgan fingerprint density at radius 1 is 1.24 bits per heavy atom. The van der Waals surface area contributed by atoms with Gasteiger partial charge in [0, 0.05) is 38.9 Å². The second-order valence-electron chi connectivity index (χ2n) is 6.18. The first kappa shape index (κ1) is 24.2. The van der Waals surface area contributed by atoms with Gasteiger partial charge in [0.25, 0.3) is 0 Å². The monoisotopic (exact) mass is 411 g/mol. The van der Waals surface area contributed by atoms with E-state index in [4.69, 9.17) is 0 Å². The lowest BCUT2D eigenvalue weighted by Gasteiger charge is -2.33. The molecule has 0 bridgehead atoms. The number of anilines is 1. The Morgan fingerprint density at radius 3 is 2.52 bits per heavy atom. The standard InChI is InChI=1S/C16H25N5O.3ClH/c1-20-7-9-21(10-8-20)15-5-4-13(11-18-15)12-19-16(22)14-3-2-6-17-14;;;/h4-5,11,14,17H,2-3,6-10,12H2,1H3,(H,19,22);3*1H. The van der Waals surface area contributed by atoms with Crippen molar-refractivity contribution in [2.45, 2.75) is 25.4 Å². The molecule has 0 spiro atoms. The van der Waals surface area contributed by atoms with Gasteiger partial charge in [-0.3, -0.25) is 4.79 Å². The SMILES string of the molecule is CN1CCN(c2ccc(CNC(=O)C3CCCN3)cn2)CC1.Cl.Cl.Cl. The summed E-state index contributed by atoms with van der Waals surface area (Å²) >= 11 is 0. The maximum atomic E-state index is 12.0. The van der Waals surface area contributed by atoms with Crippen LogP contribution in [0.25, 0.3) is 0 Å². The van der Waals surface area contributed by atoms with Crippen molar-refractivity contribution in [3.05, 3.63) is 23.9 Å². The zero-order valence-corrected chi connectivity index (χ0v) is 16.9. The van der Waals surface area contributed by atoms with Crippen molar-refractivity contribution in [2.75, 3.05) is 44.7 Å². The van der Waals surface area contributed by atoms with E-state index >= 15 is 0 Å².